The third-order valence-corrected chi connectivity index (χ3v) is 2.92. The molecule has 8 nitrogen and oxygen atoms in total. The van der Waals surface area contributed by atoms with Crippen molar-refractivity contribution in [1.82, 2.24) is 0 Å². The number of fused-ring (bicyclic) bond motifs is 2. The molecule has 2 aliphatic heterocycles. The highest BCUT2D eigenvalue weighted by Crippen LogP contribution is 2.34. The van der Waals surface area contributed by atoms with E-state index in [9.17, 15) is 14.4 Å². The van der Waals surface area contributed by atoms with Crippen molar-refractivity contribution in [2.75, 3.05) is 6.61 Å². The van der Waals surface area contributed by atoms with Crippen molar-refractivity contribution < 1.29 is 38.1 Å². The van der Waals surface area contributed by atoms with Gasteiger partial charge in [-0.1, -0.05) is 0 Å². The predicted molar refractivity (Wildman–Crippen MR) is 61.3 cm³/mol. The fourth-order valence-electron chi connectivity index (χ4n) is 2.32. The first kappa shape index (κ1) is 14.7. The molecular formula is C12H16O8. The van der Waals surface area contributed by atoms with Crippen LogP contribution >= 0.6 is 0 Å². The number of hydrogen-bond acceptors (Lipinski definition) is 8. The molecule has 112 valence electrons. The molecule has 0 amide bonds. The number of hydrogen-bond donors (Lipinski definition) is 0. The standard InChI is InChI=1S/C12H16O8/c1-5(13)17-8-4-16-12-11(19-7(3)15)10(9(8)20-12)18-6(2)14/h8-12H,4H2,1-3H3/t8-,9+,10+,11-,12+/m1/s1. The normalized spacial score (nSPS) is 35.2. The molecule has 0 N–H and O–H groups in total. The van der Waals surface area contributed by atoms with Crippen molar-refractivity contribution in [3.8, 4) is 0 Å². The highest BCUT2D eigenvalue weighted by Gasteiger charge is 2.56. The van der Waals surface area contributed by atoms with Crippen molar-refractivity contribution in [3.05, 3.63) is 0 Å². The summed E-state index contributed by atoms with van der Waals surface area (Å²) in [5.41, 5.74) is 0. The highest BCUT2D eigenvalue weighted by molar-refractivity contribution is 5.68. The van der Waals surface area contributed by atoms with E-state index in [1.807, 2.05) is 0 Å². The third-order valence-electron chi connectivity index (χ3n) is 2.92. The van der Waals surface area contributed by atoms with Crippen LogP contribution < -0.4 is 0 Å². The molecule has 2 bridgehead atoms. The molecule has 0 unspecified atom stereocenters. The van der Waals surface area contributed by atoms with Crippen LogP contribution in [0.3, 0.4) is 0 Å². The summed E-state index contributed by atoms with van der Waals surface area (Å²) in [5.74, 6) is -1.60. The first-order valence-corrected chi connectivity index (χ1v) is 6.17. The second-order valence-electron chi connectivity index (χ2n) is 4.60. The zero-order valence-corrected chi connectivity index (χ0v) is 11.4. The van der Waals surface area contributed by atoms with E-state index in [4.69, 9.17) is 23.7 Å². The molecular weight excluding hydrogens is 272 g/mol. The lowest BCUT2D eigenvalue weighted by Gasteiger charge is -2.29. The summed E-state index contributed by atoms with van der Waals surface area (Å²) >= 11 is 0. The van der Waals surface area contributed by atoms with Crippen LogP contribution in [0, 0.1) is 0 Å². The monoisotopic (exact) mass is 288 g/mol. The average Bonchev–Trinajstić information content (AvgIpc) is 2.57. The van der Waals surface area contributed by atoms with Crippen LogP contribution in [-0.4, -0.2) is 55.2 Å². The van der Waals surface area contributed by atoms with Gasteiger partial charge in [-0.15, -0.1) is 0 Å². The number of rotatable bonds is 3. The maximum absolute atomic E-state index is 11.2. The molecule has 0 radical (unpaired) electrons. The van der Waals surface area contributed by atoms with Gasteiger partial charge in [0.25, 0.3) is 0 Å². The minimum atomic E-state index is -0.873. The molecule has 0 aliphatic carbocycles. The average molecular weight is 288 g/mol. The van der Waals surface area contributed by atoms with Crippen LogP contribution in [0.5, 0.6) is 0 Å². The van der Waals surface area contributed by atoms with Gasteiger partial charge in [0.1, 0.15) is 6.10 Å². The van der Waals surface area contributed by atoms with Gasteiger partial charge in [0.2, 0.25) is 0 Å². The molecule has 0 saturated carbocycles. The van der Waals surface area contributed by atoms with E-state index >= 15 is 0 Å². The summed E-state index contributed by atoms with van der Waals surface area (Å²) < 4.78 is 26.1. The van der Waals surface area contributed by atoms with Crippen LogP contribution in [0.15, 0.2) is 0 Å². The van der Waals surface area contributed by atoms with Crippen LogP contribution in [0.4, 0.5) is 0 Å². The maximum atomic E-state index is 11.2. The Bertz CT molecular complexity index is 420. The van der Waals surface area contributed by atoms with Gasteiger partial charge in [0.15, 0.2) is 24.6 Å². The molecule has 2 rings (SSSR count). The number of carbonyl (C=O) groups is 3. The third kappa shape index (κ3) is 3.07. The molecule has 0 aromatic rings. The lowest BCUT2D eigenvalue weighted by molar-refractivity contribution is -0.242. The van der Waals surface area contributed by atoms with Gasteiger partial charge in [0.05, 0.1) is 6.61 Å². The van der Waals surface area contributed by atoms with E-state index in [0.717, 1.165) is 0 Å². The number of ether oxygens (including phenoxy) is 5. The van der Waals surface area contributed by atoms with E-state index in [-0.39, 0.29) is 6.61 Å². The molecule has 5 atom stereocenters. The SMILES string of the molecule is CC(=O)O[C@H]1[C@H]2O[C@H](OC[C@H]2OC(C)=O)[C@@H]1OC(C)=O. The maximum Gasteiger partial charge on any atom is 0.303 e. The van der Waals surface area contributed by atoms with Crippen molar-refractivity contribution >= 4 is 17.9 Å². The van der Waals surface area contributed by atoms with E-state index < -0.39 is 48.6 Å². The van der Waals surface area contributed by atoms with Crippen molar-refractivity contribution in [2.45, 2.75) is 51.5 Å². The molecule has 2 saturated heterocycles. The molecule has 20 heavy (non-hydrogen) atoms. The Morgan fingerprint density at radius 2 is 1.45 bits per heavy atom. The second kappa shape index (κ2) is 5.76. The molecule has 8 heteroatoms. The smallest absolute Gasteiger partial charge is 0.303 e. The first-order chi connectivity index (χ1) is 9.38. The summed E-state index contributed by atoms with van der Waals surface area (Å²) in [6.45, 7) is 3.81. The van der Waals surface area contributed by atoms with Crippen molar-refractivity contribution in [2.24, 2.45) is 0 Å². The molecule has 0 aromatic carbocycles. The van der Waals surface area contributed by atoms with Gasteiger partial charge in [-0.25, -0.2) is 0 Å². The summed E-state index contributed by atoms with van der Waals surface area (Å²) in [4.78, 5) is 33.4. The fraction of sp³-hybridized carbons (Fsp3) is 0.750. The zero-order valence-electron chi connectivity index (χ0n) is 11.4. The number of carbonyl (C=O) groups excluding carboxylic acids is 3. The van der Waals surface area contributed by atoms with Gasteiger partial charge in [-0.3, -0.25) is 14.4 Å². The minimum Gasteiger partial charge on any atom is -0.457 e. The Morgan fingerprint density at radius 3 is 2.00 bits per heavy atom. The number of esters is 3. The molecule has 2 fully saturated rings. The van der Waals surface area contributed by atoms with E-state index in [1.165, 1.54) is 20.8 Å². The topological polar surface area (TPSA) is 97.4 Å². The van der Waals surface area contributed by atoms with Crippen LogP contribution in [0.1, 0.15) is 20.8 Å². The Labute approximate surface area is 115 Å². The summed E-state index contributed by atoms with van der Waals surface area (Å²) in [6, 6.07) is 0. The van der Waals surface area contributed by atoms with Gasteiger partial charge >= 0.3 is 17.9 Å². The summed E-state index contributed by atoms with van der Waals surface area (Å²) in [7, 11) is 0. The van der Waals surface area contributed by atoms with Gasteiger partial charge in [0, 0.05) is 20.8 Å². The van der Waals surface area contributed by atoms with Crippen LogP contribution in [0.2, 0.25) is 0 Å². The summed E-state index contributed by atoms with van der Waals surface area (Å²) in [5, 5.41) is 0. The van der Waals surface area contributed by atoms with Gasteiger partial charge in [-0.05, 0) is 0 Å². The Morgan fingerprint density at radius 1 is 0.900 bits per heavy atom. The van der Waals surface area contributed by atoms with Crippen molar-refractivity contribution in [3.63, 3.8) is 0 Å². The van der Waals surface area contributed by atoms with Crippen molar-refractivity contribution in [1.29, 1.82) is 0 Å². The Kier molecular flexibility index (Phi) is 4.24. The lowest BCUT2D eigenvalue weighted by Crippen LogP contribution is -2.45. The van der Waals surface area contributed by atoms with E-state index in [1.54, 1.807) is 0 Å². The highest BCUT2D eigenvalue weighted by atomic mass is 16.8. The molecule has 2 heterocycles. The Hall–Kier alpha value is -1.67. The zero-order chi connectivity index (χ0) is 14.9. The molecule has 0 aromatic heterocycles. The lowest BCUT2D eigenvalue weighted by atomic mass is 10.1. The first-order valence-electron chi connectivity index (χ1n) is 6.17. The second-order valence-corrected chi connectivity index (χ2v) is 4.60. The van der Waals surface area contributed by atoms with E-state index in [0.29, 0.717) is 0 Å². The Balaban J connectivity index is 2.17. The van der Waals surface area contributed by atoms with Crippen LogP contribution in [0.25, 0.3) is 0 Å². The quantitative estimate of drug-likeness (QED) is 0.508. The molecule has 2 aliphatic rings. The predicted octanol–water partition coefficient (Wildman–Crippen LogP) is -0.463. The largest absolute Gasteiger partial charge is 0.457 e. The fourth-order valence-corrected chi connectivity index (χ4v) is 2.32. The van der Waals surface area contributed by atoms with Gasteiger partial charge < -0.3 is 23.7 Å². The van der Waals surface area contributed by atoms with E-state index in [2.05, 4.69) is 0 Å². The minimum absolute atomic E-state index is 0.0877. The molecule has 0 spiro atoms. The van der Waals surface area contributed by atoms with Gasteiger partial charge in [-0.2, -0.15) is 0 Å². The van der Waals surface area contributed by atoms with Crippen LogP contribution in [-0.2, 0) is 38.1 Å². The summed E-state index contributed by atoms with van der Waals surface area (Å²) in [6.07, 6.45) is -4.00.